The Kier molecular flexibility index (Phi) is 6.39. The number of carbonyl (C=O) groups is 2. The molecular weight excluding hydrogens is 264 g/mol. The van der Waals surface area contributed by atoms with E-state index in [1.165, 1.54) is 6.08 Å². The molecule has 0 heterocycles. The Balaban J connectivity index is 4.53. The fourth-order valence-electron chi connectivity index (χ4n) is 1.11. The summed E-state index contributed by atoms with van der Waals surface area (Å²) in [5.41, 5.74) is -1.36. The van der Waals surface area contributed by atoms with E-state index in [4.69, 9.17) is 9.47 Å². The van der Waals surface area contributed by atoms with Gasteiger partial charge in [-0.3, -0.25) is 0 Å². The number of esters is 1. The van der Waals surface area contributed by atoms with Crippen LogP contribution in [0.25, 0.3) is 0 Å². The molecule has 0 saturated heterocycles. The van der Waals surface area contributed by atoms with Crippen LogP contribution in [-0.4, -0.2) is 41.9 Å². The van der Waals surface area contributed by atoms with Crippen LogP contribution < -0.4 is 5.32 Å². The summed E-state index contributed by atoms with van der Waals surface area (Å²) in [4.78, 5) is 36.9. The van der Waals surface area contributed by atoms with E-state index in [-0.39, 0.29) is 6.54 Å². The minimum Gasteiger partial charge on any atom is -0.458 e. The number of alkyl carbamates (subject to hydrolysis) is 1. The summed E-state index contributed by atoms with van der Waals surface area (Å²) in [6, 6.07) is -1.14. The highest BCUT2D eigenvalue weighted by Gasteiger charge is 2.26. The first-order valence-corrected chi connectivity index (χ1v) is 6.21. The minimum absolute atomic E-state index is 0.195. The molecule has 0 aliphatic heterocycles. The third-order valence-corrected chi connectivity index (χ3v) is 1.73. The molecule has 0 rings (SSSR count). The Morgan fingerprint density at radius 1 is 1.10 bits per heavy atom. The summed E-state index contributed by atoms with van der Waals surface area (Å²) in [6.45, 7) is 10.00. The average Bonchev–Trinajstić information content (AvgIpc) is 2.18. The van der Waals surface area contributed by atoms with Crippen LogP contribution in [0.1, 0.15) is 41.5 Å². The number of aliphatic imine (C=N–C) groups is 1. The standard InChI is InChI=1S/C13H22N2O5/c1-12(2,3)19-10(17)9(15-8-16)7-14-11(18)20-13(4,5)6/h9H,7H2,1-6H3,(H,14,18). The number of amides is 1. The van der Waals surface area contributed by atoms with E-state index >= 15 is 0 Å². The molecule has 1 unspecified atom stereocenters. The van der Waals surface area contributed by atoms with E-state index in [2.05, 4.69) is 10.3 Å². The average molecular weight is 286 g/mol. The van der Waals surface area contributed by atoms with Gasteiger partial charge in [0.05, 0.1) is 6.54 Å². The molecule has 1 atom stereocenters. The Labute approximate surface area is 118 Å². The second-order valence-electron chi connectivity index (χ2n) is 6.15. The Hall–Kier alpha value is -1.88. The van der Waals surface area contributed by atoms with Crippen molar-refractivity contribution in [3.05, 3.63) is 0 Å². The van der Waals surface area contributed by atoms with Gasteiger partial charge in [0.2, 0.25) is 6.08 Å². The Morgan fingerprint density at radius 2 is 1.60 bits per heavy atom. The lowest BCUT2D eigenvalue weighted by Gasteiger charge is -2.23. The number of hydrogen-bond donors (Lipinski definition) is 1. The van der Waals surface area contributed by atoms with Crippen molar-refractivity contribution in [1.82, 2.24) is 5.32 Å². The maximum atomic E-state index is 11.8. The van der Waals surface area contributed by atoms with Gasteiger partial charge < -0.3 is 14.8 Å². The molecule has 0 saturated carbocycles. The summed E-state index contributed by atoms with van der Waals surface area (Å²) >= 11 is 0. The lowest BCUT2D eigenvalue weighted by molar-refractivity contribution is -0.156. The van der Waals surface area contributed by atoms with Gasteiger partial charge in [-0.1, -0.05) is 0 Å². The van der Waals surface area contributed by atoms with Gasteiger partial charge in [-0.15, -0.1) is 0 Å². The first-order valence-electron chi connectivity index (χ1n) is 6.21. The highest BCUT2D eigenvalue weighted by atomic mass is 16.6. The topological polar surface area (TPSA) is 94.1 Å². The van der Waals surface area contributed by atoms with Crippen molar-refractivity contribution in [2.45, 2.75) is 58.8 Å². The maximum Gasteiger partial charge on any atom is 0.407 e. The monoisotopic (exact) mass is 286 g/mol. The highest BCUT2D eigenvalue weighted by Crippen LogP contribution is 2.10. The van der Waals surface area contributed by atoms with Crippen LogP contribution >= 0.6 is 0 Å². The quantitative estimate of drug-likeness (QED) is 0.481. The summed E-state index contributed by atoms with van der Waals surface area (Å²) in [6.07, 6.45) is 0.587. The van der Waals surface area contributed by atoms with Gasteiger partial charge in [0.1, 0.15) is 11.2 Å². The second kappa shape index (κ2) is 7.05. The van der Waals surface area contributed by atoms with Crippen molar-refractivity contribution >= 4 is 18.1 Å². The van der Waals surface area contributed by atoms with Gasteiger partial charge >= 0.3 is 12.1 Å². The zero-order chi connectivity index (χ0) is 16.0. The predicted molar refractivity (Wildman–Crippen MR) is 72.0 cm³/mol. The molecular formula is C13H22N2O5. The molecule has 0 bridgehead atoms. The predicted octanol–water partition coefficient (Wildman–Crippen LogP) is 1.56. The molecule has 0 fully saturated rings. The smallest absolute Gasteiger partial charge is 0.407 e. The van der Waals surface area contributed by atoms with Crippen molar-refractivity contribution < 1.29 is 23.9 Å². The van der Waals surface area contributed by atoms with Crippen molar-refractivity contribution in [2.24, 2.45) is 4.99 Å². The fraction of sp³-hybridized carbons (Fsp3) is 0.769. The molecule has 7 nitrogen and oxygen atoms in total. The number of nitrogens with one attached hydrogen (secondary N) is 1. The first-order chi connectivity index (χ1) is 8.94. The van der Waals surface area contributed by atoms with Crippen LogP contribution in [0.3, 0.4) is 0 Å². The van der Waals surface area contributed by atoms with Crippen LogP contribution in [-0.2, 0) is 19.1 Å². The van der Waals surface area contributed by atoms with E-state index in [9.17, 15) is 14.4 Å². The molecule has 0 aliphatic carbocycles. The summed E-state index contributed by atoms with van der Waals surface area (Å²) in [5, 5.41) is 2.36. The van der Waals surface area contributed by atoms with Crippen LogP contribution in [0, 0.1) is 0 Å². The van der Waals surface area contributed by atoms with E-state index < -0.39 is 29.3 Å². The normalized spacial score (nSPS) is 12.9. The fourth-order valence-corrected chi connectivity index (χ4v) is 1.11. The number of ether oxygens (including phenoxy) is 2. The molecule has 0 aromatic heterocycles. The van der Waals surface area contributed by atoms with E-state index in [0.717, 1.165) is 0 Å². The lowest BCUT2D eigenvalue weighted by Crippen LogP contribution is -2.41. The van der Waals surface area contributed by atoms with Gasteiger partial charge in [-0.2, -0.15) is 4.99 Å². The summed E-state index contributed by atoms with van der Waals surface area (Å²) in [7, 11) is 0. The SMILES string of the molecule is CC(C)(C)OC(=O)NCC(N=C=O)C(=O)OC(C)(C)C. The number of carbonyl (C=O) groups excluding carboxylic acids is 3. The highest BCUT2D eigenvalue weighted by molar-refractivity contribution is 5.78. The van der Waals surface area contributed by atoms with Crippen LogP contribution in [0.2, 0.25) is 0 Å². The zero-order valence-corrected chi connectivity index (χ0v) is 12.8. The third kappa shape index (κ3) is 9.10. The van der Waals surface area contributed by atoms with Gasteiger partial charge in [0, 0.05) is 0 Å². The van der Waals surface area contributed by atoms with E-state index in [1.54, 1.807) is 41.5 Å². The molecule has 1 N–H and O–H groups in total. The first kappa shape index (κ1) is 18.1. The van der Waals surface area contributed by atoms with Crippen LogP contribution in [0.15, 0.2) is 4.99 Å². The molecule has 0 radical (unpaired) electrons. The maximum absolute atomic E-state index is 11.8. The minimum atomic E-state index is -1.14. The molecule has 114 valence electrons. The molecule has 1 amide bonds. The molecule has 0 aliphatic rings. The van der Waals surface area contributed by atoms with Crippen molar-refractivity contribution in [2.75, 3.05) is 6.54 Å². The number of isocyanates is 1. The zero-order valence-electron chi connectivity index (χ0n) is 12.8. The molecule has 0 aromatic rings. The Bertz CT molecular complexity index is 400. The van der Waals surface area contributed by atoms with Gasteiger partial charge in [-0.25, -0.2) is 14.4 Å². The van der Waals surface area contributed by atoms with Gasteiger partial charge in [-0.05, 0) is 41.5 Å². The Morgan fingerprint density at radius 3 is 2.00 bits per heavy atom. The van der Waals surface area contributed by atoms with Crippen molar-refractivity contribution in [1.29, 1.82) is 0 Å². The van der Waals surface area contributed by atoms with Crippen LogP contribution in [0.4, 0.5) is 4.79 Å². The van der Waals surface area contributed by atoms with Gasteiger partial charge in [0.25, 0.3) is 0 Å². The lowest BCUT2D eigenvalue weighted by atomic mass is 10.2. The molecule has 20 heavy (non-hydrogen) atoms. The van der Waals surface area contributed by atoms with Gasteiger partial charge in [0.15, 0.2) is 6.04 Å². The van der Waals surface area contributed by atoms with Crippen LogP contribution in [0.5, 0.6) is 0 Å². The van der Waals surface area contributed by atoms with E-state index in [1.807, 2.05) is 0 Å². The van der Waals surface area contributed by atoms with Crippen molar-refractivity contribution in [3.8, 4) is 0 Å². The molecule has 0 spiro atoms. The molecule has 0 aromatic carbocycles. The summed E-state index contributed by atoms with van der Waals surface area (Å²) < 4.78 is 10.1. The largest absolute Gasteiger partial charge is 0.458 e. The van der Waals surface area contributed by atoms with E-state index in [0.29, 0.717) is 0 Å². The number of nitrogens with zero attached hydrogens (tertiary/aromatic N) is 1. The number of hydrogen-bond acceptors (Lipinski definition) is 6. The molecule has 7 heteroatoms. The second-order valence-corrected chi connectivity index (χ2v) is 6.15. The third-order valence-electron chi connectivity index (χ3n) is 1.73. The van der Waals surface area contributed by atoms with Crippen molar-refractivity contribution in [3.63, 3.8) is 0 Å². The summed E-state index contributed by atoms with van der Waals surface area (Å²) in [5.74, 6) is -0.711. The number of rotatable bonds is 4.